The highest BCUT2D eigenvalue weighted by Crippen LogP contribution is 2.34. The minimum absolute atomic E-state index is 0.0600. The molecule has 216 valence electrons. The third kappa shape index (κ3) is 6.04. The molecule has 6 aromatic rings. The fourth-order valence-electron chi connectivity index (χ4n) is 5.81. The first-order valence-corrected chi connectivity index (χ1v) is 14.8. The minimum atomic E-state index is -0.0600. The maximum Gasteiger partial charge on any atom is 0.334 e. The van der Waals surface area contributed by atoms with E-state index < -0.39 is 0 Å². The summed E-state index contributed by atoms with van der Waals surface area (Å²) in [6.45, 7) is 3.88. The average Bonchev–Trinajstić information content (AvgIpc) is 3.33. The van der Waals surface area contributed by atoms with E-state index in [0.717, 1.165) is 52.0 Å². The molecule has 0 atom stereocenters. The summed E-state index contributed by atoms with van der Waals surface area (Å²) in [4.78, 5) is 14.4. The lowest BCUT2D eigenvalue weighted by Crippen LogP contribution is -2.23. The van der Waals surface area contributed by atoms with Crippen LogP contribution in [0.1, 0.15) is 28.7 Å². The van der Waals surface area contributed by atoms with Crippen LogP contribution in [0.25, 0.3) is 27.8 Å². The monoisotopic (exact) mass is 568 g/mol. The Morgan fingerprint density at radius 3 is 2.02 bits per heavy atom. The van der Waals surface area contributed by atoms with Gasteiger partial charge in [0.2, 0.25) is 0 Å². The quantitative estimate of drug-likeness (QED) is 0.149. The summed E-state index contributed by atoms with van der Waals surface area (Å²) in [5.41, 5.74) is 9.50. The molecule has 0 fully saturated rings. The normalized spacial score (nSPS) is 11.2. The van der Waals surface area contributed by atoms with Gasteiger partial charge in [0.1, 0.15) is 5.75 Å². The first-order chi connectivity index (χ1) is 21.1. The number of hydrogen-bond acceptors (Lipinski definition) is 3. The van der Waals surface area contributed by atoms with Gasteiger partial charge in [-0.25, -0.2) is 4.79 Å². The second-order valence-corrected chi connectivity index (χ2v) is 10.8. The van der Waals surface area contributed by atoms with Gasteiger partial charge >= 0.3 is 5.69 Å². The number of benzene rings is 5. The molecule has 5 nitrogen and oxygen atoms in total. The fraction of sp³-hybridized carbons (Fsp3) is 0.184. The number of rotatable bonds is 11. The van der Waals surface area contributed by atoms with Crippen molar-refractivity contribution in [2.75, 3.05) is 13.7 Å². The van der Waals surface area contributed by atoms with Gasteiger partial charge < -0.3 is 9.47 Å². The zero-order valence-electron chi connectivity index (χ0n) is 24.7. The van der Waals surface area contributed by atoms with Gasteiger partial charge in [0.15, 0.2) is 0 Å². The van der Waals surface area contributed by atoms with E-state index in [-0.39, 0.29) is 5.69 Å². The number of hydrogen-bond donors (Lipinski definition) is 0. The molecule has 0 radical (unpaired) electrons. The number of imidazole rings is 1. The van der Waals surface area contributed by atoms with E-state index in [4.69, 9.17) is 9.47 Å². The summed E-state index contributed by atoms with van der Waals surface area (Å²) in [6, 6.07) is 40.8. The van der Waals surface area contributed by atoms with Crippen molar-refractivity contribution in [3.63, 3.8) is 0 Å². The molecule has 0 N–H and O–H groups in total. The maximum absolute atomic E-state index is 14.4. The lowest BCUT2D eigenvalue weighted by Gasteiger charge is -2.16. The molecule has 43 heavy (non-hydrogen) atoms. The van der Waals surface area contributed by atoms with E-state index in [1.165, 1.54) is 16.7 Å². The van der Waals surface area contributed by atoms with Crippen molar-refractivity contribution < 1.29 is 9.47 Å². The molecule has 1 heterocycles. The highest BCUT2D eigenvalue weighted by atomic mass is 16.5. The molecule has 0 spiro atoms. The number of nitrogens with zero attached hydrogens (tertiary/aromatic N) is 2. The molecular weight excluding hydrogens is 532 g/mol. The maximum atomic E-state index is 14.4. The van der Waals surface area contributed by atoms with Crippen LogP contribution in [0.3, 0.4) is 0 Å². The Bertz CT molecular complexity index is 1860. The smallest absolute Gasteiger partial charge is 0.334 e. The summed E-state index contributed by atoms with van der Waals surface area (Å²) in [6.07, 6.45) is 1.62. The van der Waals surface area contributed by atoms with Gasteiger partial charge in [0.05, 0.1) is 37.0 Å². The molecule has 0 saturated heterocycles. The molecule has 0 aliphatic carbocycles. The predicted octanol–water partition coefficient (Wildman–Crippen LogP) is 7.97. The predicted molar refractivity (Wildman–Crippen MR) is 174 cm³/mol. The number of methoxy groups -OCH3 is 1. The molecule has 0 aliphatic heterocycles. The number of ether oxygens (including phenoxy) is 2. The minimum Gasteiger partial charge on any atom is -0.497 e. The molecule has 0 amide bonds. The van der Waals surface area contributed by atoms with E-state index in [1.807, 2.05) is 75.9 Å². The topological polar surface area (TPSA) is 45.4 Å². The van der Waals surface area contributed by atoms with E-state index >= 15 is 0 Å². The Kier molecular flexibility index (Phi) is 8.52. The molecule has 5 heteroatoms. The van der Waals surface area contributed by atoms with Crippen molar-refractivity contribution in [3.8, 4) is 22.6 Å². The Labute approximate surface area is 252 Å². The Hall–Kier alpha value is -4.87. The molecule has 0 saturated carbocycles. The van der Waals surface area contributed by atoms with Crippen LogP contribution in [-0.4, -0.2) is 22.9 Å². The molecular formula is C38H36N2O3. The van der Waals surface area contributed by atoms with E-state index in [0.29, 0.717) is 19.8 Å². The molecule has 6 rings (SSSR count). The Balaban J connectivity index is 1.49. The summed E-state index contributed by atoms with van der Waals surface area (Å²) in [7, 11) is 1.65. The molecule has 5 aromatic carbocycles. The average molecular weight is 569 g/mol. The standard InChI is InChI=1S/C38H36N2O3/c1-28-34(19-12-24-43-27-30-15-8-4-9-16-30)37-36(25-35(28)31-17-10-5-11-18-31)39(26-29-13-6-3-7-14-29)38(41)40(37)32-20-22-33(42-2)23-21-32/h3-11,13-18,20-23,25H,12,19,24,26-27H2,1-2H3. The van der Waals surface area contributed by atoms with E-state index in [9.17, 15) is 4.79 Å². The largest absolute Gasteiger partial charge is 0.497 e. The summed E-state index contributed by atoms with van der Waals surface area (Å²) >= 11 is 0. The van der Waals surface area contributed by atoms with Gasteiger partial charge in [0.25, 0.3) is 0 Å². The second kappa shape index (κ2) is 13.0. The van der Waals surface area contributed by atoms with Crippen LogP contribution < -0.4 is 10.4 Å². The van der Waals surface area contributed by atoms with Crippen LogP contribution in [0, 0.1) is 6.92 Å². The van der Waals surface area contributed by atoms with Gasteiger partial charge in [-0.3, -0.25) is 9.13 Å². The first-order valence-electron chi connectivity index (χ1n) is 14.8. The van der Waals surface area contributed by atoms with Gasteiger partial charge in [-0.05, 0) is 83.5 Å². The zero-order chi connectivity index (χ0) is 29.6. The van der Waals surface area contributed by atoms with Crippen molar-refractivity contribution in [2.45, 2.75) is 32.9 Å². The molecule has 0 unspecified atom stereocenters. The van der Waals surface area contributed by atoms with Crippen molar-refractivity contribution in [1.82, 2.24) is 9.13 Å². The van der Waals surface area contributed by atoms with Crippen molar-refractivity contribution >= 4 is 11.0 Å². The summed E-state index contributed by atoms with van der Waals surface area (Å²) < 4.78 is 15.3. The third-order valence-electron chi connectivity index (χ3n) is 8.03. The lowest BCUT2D eigenvalue weighted by atomic mass is 9.92. The highest BCUT2D eigenvalue weighted by Gasteiger charge is 2.22. The van der Waals surface area contributed by atoms with Crippen LogP contribution in [0.2, 0.25) is 0 Å². The third-order valence-corrected chi connectivity index (χ3v) is 8.03. The van der Waals surface area contributed by atoms with Crippen molar-refractivity contribution in [3.05, 3.63) is 154 Å². The van der Waals surface area contributed by atoms with Gasteiger partial charge in [-0.2, -0.15) is 0 Å². The summed E-state index contributed by atoms with van der Waals surface area (Å²) in [5.74, 6) is 0.753. The fourth-order valence-corrected chi connectivity index (χ4v) is 5.81. The highest BCUT2D eigenvalue weighted by molar-refractivity contribution is 5.89. The van der Waals surface area contributed by atoms with Crippen LogP contribution in [-0.2, 0) is 24.3 Å². The first kappa shape index (κ1) is 28.3. The molecule has 0 bridgehead atoms. The van der Waals surface area contributed by atoms with Crippen LogP contribution >= 0.6 is 0 Å². The second-order valence-electron chi connectivity index (χ2n) is 10.8. The number of aryl methyl sites for hydroxylation is 1. The van der Waals surface area contributed by atoms with Crippen molar-refractivity contribution in [2.24, 2.45) is 0 Å². The Morgan fingerprint density at radius 2 is 1.37 bits per heavy atom. The Morgan fingerprint density at radius 1 is 0.744 bits per heavy atom. The number of aromatic nitrogens is 2. The van der Waals surface area contributed by atoms with Gasteiger partial charge in [-0.1, -0.05) is 91.0 Å². The molecule has 0 aliphatic rings. The van der Waals surface area contributed by atoms with E-state index in [1.54, 1.807) is 7.11 Å². The summed E-state index contributed by atoms with van der Waals surface area (Å²) in [5, 5.41) is 0. The van der Waals surface area contributed by atoms with E-state index in [2.05, 4.69) is 61.5 Å². The van der Waals surface area contributed by atoms with Crippen LogP contribution in [0.5, 0.6) is 5.75 Å². The zero-order valence-corrected chi connectivity index (χ0v) is 24.7. The SMILES string of the molecule is COc1ccc(-n2c(=O)n(Cc3ccccc3)c3cc(-c4ccccc4)c(C)c(CCCOCc4ccccc4)c32)cc1. The van der Waals surface area contributed by atoms with Gasteiger partial charge in [-0.15, -0.1) is 0 Å². The van der Waals surface area contributed by atoms with Crippen molar-refractivity contribution in [1.29, 1.82) is 0 Å². The van der Waals surface area contributed by atoms with Crippen LogP contribution in [0.4, 0.5) is 0 Å². The number of fused-ring (bicyclic) bond motifs is 1. The van der Waals surface area contributed by atoms with Gasteiger partial charge in [0, 0.05) is 6.61 Å². The van der Waals surface area contributed by atoms with Crippen LogP contribution in [0.15, 0.2) is 126 Å². The lowest BCUT2D eigenvalue weighted by molar-refractivity contribution is 0.119. The molecule has 1 aromatic heterocycles.